The number of hydrogen-bond acceptors (Lipinski definition) is 1. The number of furan rings is 1. The van der Waals surface area contributed by atoms with Crippen LogP contribution in [0.15, 0.2) is 186 Å². The van der Waals surface area contributed by atoms with Crippen molar-refractivity contribution in [1.29, 1.82) is 0 Å². The summed E-state index contributed by atoms with van der Waals surface area (Å²) in [7, 11) is 0. The fourth-order valence-corrected chi connectivity index (χ4v) is 10.2. The molecule has 12 rings (SSSR count). The molecule has 56 heavy (non-hydrogen) atoms. The van der Waals surface area contributed by atoms with Crippen molar-refractivity contribution in [2.45, 2.75) is 19.3 Å². The Hall–Kier alpha value is -6.96. The number of benzene rings is 10. The van der Waals surface area contributed by atoms with Gasteiger partial charge in [0.25, 0.3) is 0 Å². The smallest absolute Gasteiger partial charge is 0.143 e. The highest BCUT2D eigenvalue weighted by Crippen LogP contribution is 2.57. The maximum atomic E-state index is 6.64. The standard InChI is InChI=1S/C55H36O/c1-55(2)47-30-29-35(32-46(47)51-43-24-9-10-25-44(43)54-52(53(51)55)45-26-11-12-28-48(45)56-54)34-17-13-18-36(31-34)49-39-20-5-7-22-41(39)50(42-23-8-6-21-40(42)49)38-27-14-16-33-15-3-4-19-37(33)38/h3-32H,1-2H3. The molecule has 0 saturated carbocycles. The van der Waals surface area contributed by atoms with Gasteiger partial charge < -0.3 is 4.42 Å². The first-order valence-corrected chi connectivity index (χ1v) is 19.6. The van der Waals surface area contributed by atoms with Crippen LogP contribution < -0.4 is 0 Å². The van der Waals surface area contributed by atoms with E-state index in [-0.39, 0.29) is 5.41 Å². The first-order valence-electron chi connectivity index (χ1n) is 19.6. The van der Waals surface area contributed by atoms with Gasteiger partial charge in [-0.15, -0.1) is 0 Å². The average molecular weight is 713 g/mol. The molecule has 1 nitrogen and oxygen atoms in total. The first-order chi connectivity index (χ1) is 27.6. The molecule has 0 amide bonds. The molecule has 10 aromatic carbocycles. The molecule has 0 aliphatic heterocycles. The predicted molar refractivity (Wildman–Crippen MR) is 238 cm³/mol. The van der Waals surface area contributed by atoms with Gasteiger partial charge in [-0.05, 0) is 112 Å². The molecule has 1 heteroatoms. The van der Waals surface area contributed by atoms with Crippen molar-refractivity contribution < 1.29 is 4.42 Å². The molecule has 0 saturated heterocycles. The zero-order valence-corrected chi connectivity index (χ0v) is 31.2. The minimum atomic E-state index is -0.205. The van der Waals surface area contributed by atoms with E-state index in [1.165, 1.54) is 109 Å². The molecular formula is C55H36O. The molecule has 1 aliphatic carbocycles. The van der Waals surface area contributed by atoms with Crippen LogP contribution in [0.3, 0.4) is 0 Å². The highest BCUT2D eigenvalue weighted by atomic mass is 16.3. The van der Waals surface area contributed by atoms with Crippen LogP contribution in [0.25, 0.3) is 110 Å². The van der Waals surface area contributed by atoms with Gasteiger partial charge in [-0.3, -0.25) is 0 Å². The van der Waals surface area contributed by atoms with E-state index in [0.29, 0.717) is 0 Å². The summed E-state index contributed by atoms with van der Waals surface area (Å²) in [4.78, 5) is 0. The molecule has 0 fully saturated rings. The molecule has 11 aromatic rings. The van der Waals surface area contributed by atoms with Crippen LogP contribution in [0, 0.1) is 0 Å². The molecule has 262 valence electrons. The van der Waals surface area contributed by atoms with Crippen LogP contribution in [0.2, 0.25) is 0 Å². The Kier molecular flexibility index (Phi) is 6.46. The van der Waals surface area contributed by atoms with Gasteiger partial charge in [0.15, 0.2) is 0 Å². The fourth-order valence-electron chi connectivity index (χ4n) is 10.2. The minimum Gasteiger partial charge on any atom is -0.455 e. The van der Waals surface area contributed by atoms with Gasteiger partial charge in [0.2, 0.25) is 0 Å². The maximum Gasteiger partial charge on any atom is 0.143 e. The van der Waals surface area contributed by atoms with Gasteiger partial charge in [0, 0.05) is 21.6 Å². The Balaban J connectivity index is 1.08. The molecule has 0 spiro atoms. The van der Waals surface area contributed by atoms with Crippen LogP contribution in [0.5, 0.6) is 0 Å². The highest BCUT2D eigenvalue weighted by Gasteiger charge is 2.40. The minimum absolute atomic E-state index is 0.205. The van der Waals surface area contributed by atoms with Crippen LogP contribution in [0.1, 0.15) is 25.0 Å². The third kappa shape index (κ3) is 4.26. The van der Waals surface area contributed by atoms with Crippen molar-refractivity contribution in [2.24, 2.45) is 0 Å². The molecule has 0 radical (unpaired) electrons. The summed E-state index contributed by atoms with van der Waals surface area (Å²) in [5.74, 6) is 0. The van der Waals surface area contributed by atoms with Crippen LogP contribution in [-0.2, 0) is 5.41 Å². The van der Waals surface area contributed by atoms with E-state index < -0.39 is 0 Å². The zero-order valence-electron chi connectivity index (χ0n) is 31.2. The molecule has 0 N–H and O–H groups in total. The third-order valence-corrected chi connectivity index (χ3v) is 12.6. The summed E-state index contributed by atoms with van der Waals surface area (Å²) < 4.78 is 6.64. The number of rotatable bonds is 3. The summed E-state index contributed by atoms with van der Waals surface area (Å²) in [6.45, 7) is 4.76. The van der Waals surface area contributed by atoms with Crippen LogP contribution >= 0.6 is 0 Å². The summed E-state index contributed by atoms with van der Waals surface area (Å²) in [6.07, 6.45) is 0. The van der Waals surface area contributed by atoms with E-state index >= 15 is 0 Å². The lowest BCUT2D eigenvalue weighted by atomic mass is 9.79. The van der Waals surface area contributed by atoms with Gasteiger partial charge in [-0.1, -0.05) is 178 Å². The summed E-state index contributed by atoms with van der Waals surface area (Å²) in [6, 6.07) is 67.0. The second-order valence-electron chi connectivity index (χ2n) is 15.9. The average Bonchev–Trinajstić information content (AvgIpc) is 3.75. The van der Waals surface area contributed by atoms with Crippen molar-refractivity contribution in [3.05, 3.63) is 193 Å². The number of para-hydroxylation sites is 1. The Labute approximate surface area is 325 Å². The van der Waals surface area contributed by atoms with Gasteiger partial charge in [-0.2, -0.15) is 0 Å². The molecule has 1 aromatic heterocycles. The number of hydrogen-bond donors (Lipinski definition) is 0. The SMILES string of the molecule is CC1(C)c2ccc(-c3cccc(-c4c5ccccc5c(-c5cccc6ccccc56)c5ccccc45)c3)cc2-c2c1c1c3ccccc3oc1c1ccccc21. The van der Waals surface area contributed by atoms with E-state index in [0.717, 1.165) is 11.2 Å². The second kappa shape index (κ2) is 11.5. The Bertz CT molecular complexity index is 3390. The zero-order chi connectivity index (χ0) is 37.1. The molecule has 0 atom stereocenters. The second-order valence-corrected chi connectivity index (χ2v) is 15.9. The maximum absolute atomic E-state index is 6.64. The van der Waals surface area contributed by atoms with Gasteiger partial charge in [0.1, 0.15) is 11.2 Å². The van der Waals surface area contributed by atoms with Gasteiger partial charge in [-0.25, -0.2) is 0 Å². The first kappa shape index (κ1) is 31.4. The molecule has 0 unspecified atom stereocenters. The fraction of sp³-hybridized carbons (Fsp3) is 0.0545. The Morgan fingerprint density at radius 2 is 0.911 bits per heavy atom. The summed E-state index contributed by atoms with van der Waals surface area (Å²) in [5.41, 5.74) is 14.6. The normalized spacial score (nSPS) is 13.3. The van der Waals surface area contributed by atoms with Crippen molar-refractivity contribution in [3.8, 4) is 44.5 Å². The summed E-state index contributed by atoms with van der Waals surface area (Å²) in [5, 5.41) is 12.4. The molecular weight excluding hydrogens is 677 g/mol. The van der Waals surface area contributed by atoms with Crippen molar-refractivity contribution in [3.63, 3.8) is 0 Å². The van der Waals surface area contributed by atoms with E-state index in [9.17, 15) is 0 Å². The van der Waals surface area contributed by atoms with Crippen molar-refractivity contribution in [2.75, 3.05) is 0 Å². The lowest BCUT2D eigenvalue weighted by Crippen LogP contribution is -2.15. The van der Waals surface area contributed by atoms with Gasteiger partial charge in [0.05, 0.1) is 0 Å². The van der Waals surface area contributed by atoms with E-state index in [1.807, 2.05) is 0 Å². The molecule has 0 bridgehead atoms. The van der Waals surface area contributed by atoms with Crippen LogP contribution in [-0.4, -0.2) is 0 Å². The van der Waals surface area contributed by atoms with Crippen LogP contribution in [0.4, 0.5) is 0 Å². The van der Waals surface area contributed by atoms with Crippen molar-refractivity contribution >= 4 is 65.0 Å². The van der Waals surface area contributed by atoms with E-state index in [2.05, 4.69) is 196 Å². The topological polar surface area (TPSA) is 13.1 Å². The lowest BCUT2D eigenvalue weighted by molar-refractivity contribution is 0.659. The molecule has 1 heterocycles. The monoisotopic (exact) mass is 712 g/mol. The van der Waals surface area contributed by atoms with Crippen molar-refractivity contribution in [1.82, 2.24) is 0 Å². The highest BCUT2D eigenvalue weighted by molar-refractivity contribution is 6.25. The largest absolute Gasteiger partial charge is 0.455 e. The Morgan fingerprint density at radius 1 is 0.375 bits per heavy atom. The van der Waals surface area contributed by atoms with E-state index in [1.54, 1.807) is 0 Å². The quantitative estimate of drug-likeness (QED) is 0.166. The van der Waals surface area contributed by atoms with E-state index in [4.69, 9.17) is 4.42 Å². The summed E-state index contributed by atoms with van der Waals surface area (Å²) >= 11 is 0. The number of fused-ring (bicyclic) bond motifs is 13. The molecule has 1 aliphatic rings. The lowest BCUT2D eigenvalue weighted by Gasteiger charge is -2.23. The third-order valence-electron chi connectivity index (χ3n) is 12.6. The Morgan fingerprint density at radius 3 is 1.64 bits per heavy atom. The predicted octanol–water partition coefficient (Wildman–Crippen LogP) is 15.5. The van der Waals surface area contributed by atoms with Gasteiger partial charge >= 0.3 is 0 Å².